The summed E-state index contributed by atoms with van der Waals surface area (Å²) < 4.78 is 0. The van der Waals surface area contributed by atoms with Crippen molar-refractivity contribution in [1.29, 1.82) is 0 Å². The van der Waals surface area contributed by atoms with Gasteiger partial charge in [-0.3, -0.25) is 4.90 Å². The topological polar surface area (TPSA) is 15.3 Å². The van der Waals surface area contributed by atoms with Gasteiger partial charge in [-0.2, -0.15) is 0 Å². The first-order chi connectivity index (χ1) is 9.26. The van der Waals surface area contributed by atoms with Gasteiger partial charge in [-0.1, -0.05) is 31.2 Å². The van der Waals surface area contributed by atoms with Crippen LogP contribution in [0.3, 0.4) is 0 Å². The van der Waals surface area contributed by atoms with Crippen LogP contribution in [-0.2, 0) is 13.1 Å². The molecule has 0 saturated heterocycles. The number of nitrogens with zero attached hydrogens (tertiary/aromatic N) is 1. The molecule has 0 aromatic heterocycles. The van der Waals surface area contributed by atoms with Gasteiger partial charge >= 0.3 is 0 Å². The Morgan fingerprint density at radius 3 is 2.47 bits per heavy atom. The van der Waals surface area contributed by atoms with Crippen LogP contribution in [0.5, 0.6) is 0 Å². The molecule has 2 nitrogen and oxygen atoms in total. The molecule has 1 aliphatic heterocycles. The molecular weight excluding hydrogens is 232 g/mol. The standard InChI is InChI=1S/C17H26N2/c1-13-7-8-17(18-2)16(9-13)12-19-10-14-5-3-4-6-15(14)11-19/h3-6,13,16-18H,7-12H2,1-2H3. The van der Waals surface area contributed by atoms with Crippen LogP contribution in [0.4, 0.5) is 0 Å². The summed E-state index contributed by atoms with van der Waals surface area (Å²) in [6.45, 7) is 5.97. The summed E-state index contributed by atoms with van der Waals surface area (Å²) in [6.07, 6.45) is 4.13. The quantitative estimate of drug-likeness (QED) is 0.896. The van der Waals surface area contributed by atoms with Gasteiger partial charge in [0, 0.05) is 25.7 Å². The number of benzene rings is 1. The summed E-state index contributed by atoms with van der Waals surface area (Å²) in [5, 5.41) is 3.54. The van der Waals surface area contributed by atoms with E-state index in [9.17, 15) is 0 Å². The SMILES string of the molecule is CNC1CCC(C)CC1CN1Cc2ccccc2C1. The minimum atomic E-state index is 0.722. The second-order valence-corrected chi connectivity index (χ2v) is 6.51. The number of hydrogen-bond acceptors (Lipinski definition) is 2. The molecule has 1 N–H and O–H groups in total. The predicted octanol–water partition coefficient (Wildman–Crippen LogP) is 3.03. The van der Waals surface area contributed by atoms with E-state index in [0.717, 1.165) is 31.0 Å². The van der Waals surface area contributed by atoms with E-state index < -0.39 is 0 Å². The maximum absolute atomic E-state index is 3.54. The van der Waals surface area contributed by atoms with Gasteiger partial charge in [0.25, 0.3) is 0 Å². The lowest BCUT2D eigenvalue weighted by Gasteiger charge is -2.37. The Labute approximate surface area is 117 Å². The Morgan fingerprint density at radius 1 is 1.16 bits per heavy atom. The molecule has 19 heavy (non-hydrogen) atoms. The second kappa shape index (κ2) is 5.64. The van der Waals surface area contributed by atoms with Gasteiger partial charge in [-0.05, 0) is 49.3 Å². The Bertz CT molecular complexity index is 404. The minimum Gasteiger partial charge on any atom is -0.317 e. The van der Waals surface area contributed by atoms with Crippen molar-refractivity contribution in [3.05, 3.63) is 35.4 Å². The van der Waals surface area contributed by atoms with Crippen molar-refractivity contribution in [2.45, 2.75) is 45.3 Å². The van der Waals surface area contributed by atoms with Crippen LogP contribution in [-0.4, -0.2) is 24.5 Å². The highest BCUT2D eigenvalue weighted by molar-refractivity contribution is 5.30. The van der Waals surface area contributed by atoms with Crippen molar-refractivity contribution in [1.82, 2.24) is 10.2 Å². The maximum Gasteiger partial charge on any atom is 0.0240 e. The van der Waals surface area contributed by atoms with Crippen molar-refractivity contribution < 1.29 is 0 Å². The molecule has 3 unspecified atom stereocenters. The van der Waals surface area contributed by atoms with Crippen LogP contribution in [0.15, 0.2) is 24.3 Å². The van der Waals surface area contributed by atoms with Crippen LogP contribution in [0, 0.1) is 11.8 Å². The normalized spacial score (nSPS) is 31.4. The van der Waals surface area contributed by atoms with Crippen LogP contribution in [0.25, 0.3) is 0 Å². The molecule has 1 aromatic carbocycles. The third-order valence-corrected chi connectivity index (χ3v) is 5.01. The highest BCUT2D eigenvalue weighted by atomic mass is 15.1. The fourth-order valence-corrected chi connectivity index (χ4v) is 3.94. The monoisotopic (exact) mass is 258 g/mol. The lowest BCUT2D eigenvalue weighted by Crippen LogP contribution is -2.43. The zero-order chi connectivity index (χ0) is 13.2. The number of rotatable bonds is 3. The van der Waals surface area contributed by atoms with Crippen molar-refractivity contribution in [2.75, 3.05) is 13.6 Å². The van der Waals surface area contributed by atoms with Crippen LogP contribution in [0.1, 0.15) is 37.3 Å². The summed E-state index contributed by atoms with van der Waals surface area (Å²) in [4.78, 5) is 2.64. The van der Waals surface area contributed by atoms with Gasteiger partial charge in [0.05, 0.1) is 0 Å². The van der Waals surface area contributed by atoms with E-state index in [0.29, 0.717) is 0 Å². The average molecular weight is 258 g/mol. The molecular formula is C17H26N2. The molecule has 0 spiro atoms. The maximum atomic E-state index is 3.54. The van der Waals surface area contributed by atoms with Crippen molar-refractivity contribution in [3.8, 4) is 0 Å². The largest absolute Gasteiger partial charge is 0.317 e. The Balaban J connectivity index is 1.63. The third kappa shape index (κ3) is 2.85. The number of fused-ring (bicyclic) bond motifs is 1. The summed E-state index contributed by atoms with van der Waals surface area (Å²) >= 11 is 0. The lowest BCUT2D eigenvalue weighted by atomic mass is 9.78. The highest BCUT2D eigenvalue weighted by Gasteiger charge is 2.30. The van der Waals surface area contributed by atoms with Gasteiger partial charge in [0.15, 0.2) is 0 Å². The van der Waals surface area contributed by atoms with E-state index in [2.05, 4.69) is 48.5 Å². The van der Waals surface area contributed by atoms with Crippen molar-refractivity contribution in [2.24, 2.45) is 11.8 Å². The summed E-state index contributed by atoms with van der Waals surface area (Å²) in [5.41, 5.74) is 3.07. The molecule has 2 heteroatoms. The zero-order valence-corrected chi connectivity index (χ0v) is 12.2. The summed E-state index contributed by atoms with van der Waals surface area (Å²) in [7, 11) is 2.13. The fourth-order valence-electron chi connectivity index (χ4n) is 3.94. The zero-order valence-electron chi connectivity index (χ0n) is 12.2. The van der Waals surface area contributed by atoms with Gasteiger partial charge in [-0.15, -0.1) is 0 Å². The second-order valence-electron chi connectivity index (χ2n) is 6.51. The average Bonchev–Trinajstić information content (AvgIpc) is 2.81. The van der Waals surface area contributed by atoms with E-state index in [-0.39, 0.29) is 0 Å². The number of nitrogens with one attached hydrogen (secondary N) is 1. The lowest BCUT2D eigenvalue weighted by molar-refractivity contribution is 0.148. The molecule has 0 amide bonds. The van der Waals surface area contributed by atoms with E-state index in [1.54, 1.807) is 0 Å². The molecule has 1 aromatic rings. The van der Waals surface area contributed by atoms with Crippen LogP contribution < -0.4 is 5.32 Å². The Kier molecular flexibility index (Phi) is 3.90. The molecule has 2 aliphatic rings. The summed E-state index contributed by atoms with van der Waals surface area (Å²) in [6, 6.07) is 9.63. The van der Waals surface area contributed by atoms with Gasteiger partial charge < -0.3 is 5.32 Å². The Hall–Kier alpha value is -0.860. The molecule has 1 fully saturated rings. The highest BCUT2D eigenvalue weighted by Crippen LogP contribution is 2.31. The van der Waals surface area contributed by atoms with Gasteiger partial charge in [0.1, 0.15) is 0 Å². The molecule has 104 valence electrons. The van der Waals surface area contributed by atoms with Crippen LogP contribution in [0.2, 0.25) is 0 Å². The van der Waals surface area contributed by atoms with E-state index in [1.807, 2.05) is 0 Å². The van der Waals surface area contributed by atoms with Crippen LogP contribution >= 0.6 is 0 Å². The fraction of sp³-hybridized carbons (Fsp3) is 0.647. The molecule has 3 atom stereocenters. The first-order valence-electron chi connectivity index (χ1n) is 7.72. The molecule has 1 saturated carbocycles. The minimum absolute atomic E-state index is 0.722. The first kappa shape index (κ1) is 13.1. The van der Waals surface area contributed by atoms with Gasteiger partial charge in [0.2, 0.25) is 0 Å². The van der Waals surface area contributed by atoms with E-state index in [4.69, 9.17) is 0 Å². The smallest absolute Gasteiger partial charge is 0.0240 e. The molecule has 3 rings (SSSR count). The molecule has 0 bridgehead atoms. The van der Waals surface area contributed by atoms with Crippen molar-refractivity contribution >= 4 is 0 Å². The molecule has 0 radical (unpaired) electrons. The Morgan fingerprint density at radius 2 is 1.84 bits per heavy atom. The molecule has 1 aliphatic carbocycles. The first-order valence-corrected chi connectivity index (χ1v) is 7.72. The summed E-state index contributed by atoms with van der Waals surface area (Å²) in [5.74, 6) is 1.72. The number of hydrogen-bond donors (Lipinski definition) is 1. The van der Waals surface area contributed by atoms with Crippen molar-refractivity contribution in [3.63, 3.8) is 0 Å². The predicted molar refractivity (Wildman–Crippen MR) is 79.9 cm³/mol. The third-order valence-electron chi connectivity index (χ3n) is 5.01. The van der Waals surface area contributed by atoms with E-state index in [1.165, 1.54) is 36.9 Å². The van der Waals surface area contributed by atoms with E-state index >= 15 is 0 Å². The van der Waals surface area contributed by atoms with Gasteiger partial charge in [-0.25, -0.2) is 0 Å². The molecule has 1 heterocycles.